The molecule has 0 aliphatic carbocycles. The summed E-state index contributed by atoms with van der Waals surface area (Å²) in [4.78, 5) is 0. The first kappa shape index (κ1) is 12.3. The summed E-state index contributed by atoms with van der Waals surface area (Å²) in [6, 6.07) is 2.06. The molecule has 0 unspecified atom stereocenters. The molecule has 1 aromatic rings. The zero-order chi connectivity index (χ0) is 11.4. The van der Waals surface area contributed by atoms with E-state index in [2.05, 4.69) is 35.8 Å². The van der Waals surface area contributed by atoms with Gasteiger partial charge in [-0.1, -0.05) is 12.2 Å². The van der Waals surface area contributed by atoms with Crippen molar-refractivity contribution in [3.63, 3.8) is 0 Å². The first-order chi connectivity index (χ1) is 7.11. The summed E-state index contributed by atoms with van der Waals surface area (Å²) in [6.45, 7) is 4.70. The summed E-state index contributed by atoms with van der Waals surface area (Å²) in [6.07, 6.45) is 3.93. The van der Waals surface area contributed by atoms with Gasteiger partial charge in [-0.15, -0.1) is 0 Å². The Hall–Kier alpha value is -0.800. The molecule has 82 valence electrons. The number of rotatable bonds is 3. The molecule has 3 heteroatoms. The maximum atomic E-state index is 5.45. The summed E-state index contributed by atoms with van der Waals surface area (Å²) in [5.41, 5.74) is 9.00. The average molecular weight is 270 g/mol. The third kappa shape index (κ3) is 2.61. The van der Waals surface area contributed by atoms with Crippen molar-refractivity contribution in [2.24, 2.45) is 5.73 Å². The fourth-order valence-corrected chi connectivity index (χ4v) is 2.19. The highest BCUT2D eigenvalue weighted by molar-refractivity contribution is 9.10. The molecule has 0 radical (unpaired) electrons. The van der Waals surface area contributed by atoms with Crippen LogP contribution in [0.4, 0.5) is 0 Å². The standard InChI is InChI=1S/C12H16BrNO/c1-8-7-11(13)12(15-3)10(9(8)2)5-4-6-14/h4-5,7H,6,14H2,1-3H3/b5-4+. The summed E-state index contributed by atoms with van der Waals surface area (Å²) in [5, 5.41) is 0. The van der Waals surface area contributed by atoms with Crippen molar-refractivity contribution in [3.8, 4) is 5.75 Å². The SMILES string of the molecule is COc1c(Br)cc(C)c(C)c1/C=C/CN. The molecule has 0 atom stereocenters. The number of halogens is 1. The van der Waals surface area contributed by atoms with Crippen LogP contribution in [0.1, 0.15) is 16.7 Å². The van der Waals surface area contributed by atoms with Crippen LogP contribution in [0.3, 0.4) is 0 Å². The number of nitrogens with two attached hydrogens (primary N) is 1. The van der Waals surface area contributed by atoms with Crippen molar-refractivity contribution in [2.45, 2.75) is 13.8 Å². The van der Waals surface area contributed by atoms with Crippen molar-refractivity contribution in [3.05, 3.63) is 33.3 Å². The number of aryl methyl sites for hydroxylation is 1. The van der Waals surface area contributed by atoms with E-state index in [-0.39, 0.29) is 0 Å². The Balaban J connectivity index is 3.36. The van der Waals surface area contributed by atoms with Crippen LogP contribution in [0.25, 0.3) is 6.08 Å². The number of ether oxygens (including phenoxy) is 1. The van der Waals surface area contributed by atoms with Gasteiger partial charge in [-0.3, -0.25) is 0 Å². The van der Waals surface area contributed by atoms with E-state index >= 15 is 0 Å². The molecule has 0 aliphatic heterocycles. The number of methoxy groups -OCH3 is 1. The summed E-state index contributed by atoms with van der Waals surface area (Å²) < 4.78 is 6.35. The van der Waals surface area contributed by atoms with E-state index in [4.69, 9.17) is 10.5 Å². The van der Waals surface area contributed by atoms with Crippen LogP contribution in [0.15, 0.2) is 16.6 Å². The van der Waals surface area contributed by atoms with Gasteiger partial charge in [0.25, 0.3) is 0 Å². The lowest BCUT2D eigenvalue weighted by Gasteiger charge is -2.13. The van der Waals surface area contributed by atoms with Crippen molar-refractivity contribution >= 4 is 22.0 Å². The lowest BCUT2D eigenvalue weighted by Crippen LogP contribution is -1.96. The maximum Gasteiger partial charge on any atom is 0.140 e. The monoisotopic (exact) mass is 269 g/mol. The molecule has 0 heterocycles. The van der Waals surface area contributed by atoms with Crippen LogP contribution in [0, 0.1) is 13.8 Å². The second-order valence-electron chi connectivity index (χ2n) is 3.39. The van der Waals surface area contributed by atoms with Gasteiger partial charge in [0.2, 0.25) is 0 Å². The number of benzene rings is 1. The Labute approximate surface area is 99.3 Å². The molecule has 0 spiro atoms. The average Bonchev–Trinajstić information content (AvgIpc) is 2.21. The first-order valence-electron chi connectivity index (χ1n) is 4.82. The van der Waals surface area contributed by atoms with Crippen molar-refractivity contribution in [1.29, 1.82) is 0 Å². The largest absolute Gasteiger partial charge is 0.495 e. The van der Waals surface area contributed by atoms with Gasteiger partial charge in [-0.05, 0) is 47.0 Å². The topological polar surface area (TPSA) is 35.2 Å². The highest BCUT2D eigenvalue weighted by Gasteiger charge is 2.10. The molecule has 0 aliphatic rings. The smallest absolute Gasteiger partial charge is 0.140 e. The molecule has 0 saturated carbocycles. The molecule has 0 saturated heterocycles. The van der Waals surface area contributed by atoms with E-state index < -0.39 is 0 Å². The second kappa shape index (κ2) is 5.33. The molecule has 2 N–H and O–H groups in total. The number of hydrogen-bond donors (Lipinski definition) is 1. The highest BCUT2D eigenvalue weighted by atomic mass is 79.9. The lowest BCUT2D eigenvalue weighted by atomic mass is 10.0. The van der Waals surface area contributed by atoms with Crippen LogP contribution >= 0.6 is 15.9 Å². The number of hydrogen-bond acceptors (Lipinski definition) is 2. The van der Waals surface area contributed by atoms with E-state index in [1.807, 2.05) is 12.2 Å². The highest BCUT2D eigenvalue weighted by Crippen LogP contribution is 2.34. The lowest BCUT2D eigenvalue weighted by molar-refractivity contribution is 0.410. The van der Waals surface area contributed by atoms with E-state index in [1.165, 1.54) is 11.1 Å². The predicted molar refractivity (Wildman–Crippen MR) is 68.3 cm³/mol. The zero-order valence-electron chi connectivity index (χ0n) is 9.30. The van der Waals surface area contributed by atoms with Crippen LogP contribution in [0.2, 0.25) is 0 Å². The molecule has 15 heavy (non-hydrogen) atoms. The minimum atomic E-state index is 0.536. The van der Waals surface area contributed by atoms with Gasteiger partial charge in [-0.25, -0.2) is 0 Å². The van der Waals surface area contributed by atoms with Gasteiger partial charge in [0.05, 0.1) is 11.6 Å². The van der Waals surface area contributed by atoms with E-state index in [9.17, 15) is 0 Å². The van der Waals surface area contributed by atoms with Crippen molar-refractivity contribution in [1.82, 2.24) is 0 Å². The minimum absolute atomic E-state index is 0.536. The zero-order valence-corrected chi connectivity index (χ0v) is 10.9. The Bertz CT molecular complexity index is 386. The van der Waals surface area contributed by atoms with Crippen molar-refractivity contribution in [2.75, 3.05) is 13.7 Å². The Morgan fingerprint density at radius 2 is 2.13 bits per heavy atom. The maximum absolute atomic E-state index is 5.45. The van der Waals surface area contributed by atoms with Crippen LogP contribution in [-0.2, 0) is 0 Å². The summed E-state index contributed by atoms with van der Waals surface area (Å²) >= 11 is 3.49. The molecule has 0 aromatic heterocycles. The first-order valence-corrected chi connectivity index (χ1v) is 5.61. The van der Waals surface area contributed by atoms with Gasteiger partial charge < -0.3 is 10.5 Å². The molecule has 0 bridgehead atoms. The van der Waals surface area contributed by atoms with E-state index in [0.29, 0.717) is 6.54 Å². The normalized spacial score (nSPS) is 11.0. The van der Waals surface area contributed by atoms with E-state index in [0.717, 1.165) is 15.8 Å². The predicted octanol–water partition coefficient (Wildman–Crippen LogP) is 3.05. The van der Waals surface area contributed by atoms with Crippen LogP contribution in [-0.4, -0.2) is 13.7 Å². The van der Waals surface area contributed by atoms with Crippen LogP contribution < -0.4 is 10.5 Å². The molecular formula is C12H16BrNO. The molecule has 0 amide bonds. The third-order valence-corrected chi connectivity index (χ3v) is 3.01. The van der Waals surface area contributed by atoms with Gasteiger partial charge in [-0.2, -0.15) is 0 Å². The Kier molecular flexibility index (Phi) is 4.36. The fourth-order valence-electron chi connectivity index (χ4n) is 1.47. The molecule has 1 aromatic carbocycles. The van der Waals surface area contributed by atoms with Gasteiger partial charge in [0.1, 0.15) is 5.75 Å². The molecular weight excluding hydrogens is 254 g/mol. The minimum Gasteiger partial charge on any atom is -0.495 e. The summed E-state index contributed by atoms with van der Waals surface area (Å²) in [5.74, 6) is 0.864. The van der Waals surface area contributed by atoms with Crippen molar-refractivity contribution < 1.29 is 4.74 Å². The quantitative estimate of drug-likeness (QED) is 0.916. The van der Waals surface area contributed by atoms with E-state index in [1.54, 1.807) is 7.11 Å². The van der Waals surface area contributed by atoms with Gasteiger partial charge >= 0.3 is 0 Å². The molecule has 2 nitrogen and oxygen atoms in total. The van der Waals surface area contributed by atoms with Gasteiger partial charge in [0.15, 0.2) is 0 Å². The molecule has 0 fully saturated rings. The van der Waals surface area contributed by atoms with Crippen LogP contribution in [0.5, 0.6) is 5.75 Å². The fraction of sp³-hybridized carbons (Fsp3) is 0.333. The molecule has 1 rings (SSSR count). The third-order valence-electron chi connectivity index (χ3n) is 2.43. The van der Waals surface area contributed by atoms with Gasteiger partial charge in [0, 0.05) is 12.1 Å². The second-order valence-corrected chi connectivity index (χ2v) is 4.24. The Morgan fingerprint density at radius 3 is 2.67 bits per heavy atom. The Morgan fingerprint density at radius 1 is 1.47 bits per heavy atom. The summed E-state index contributed by atoms with van der Waals surface area (Å²) in [7, 11) is 1.68.